The quantitative estimate of drug-likeness (QED) is 0.822. The lowest BCUT2D eigenvalue weighted by atomic mass is 9.70. The van der Waals surface area contributed by atoms with Crippen LogP contribution < -0.4 is 14.4 Å². The first-order valence-electron chi connectivity index (χ1n) is 8.62. The molecule has 0 radical (unpaired) electrons. The minimum Gasteiger partial charge on any atom is -0.497 e. The number of nitriles is 1. The van der Waals surface area contributed by atoms with Gasteiger partial charge in [-0.1, -0.05) is 24.3 Å². The molecule has 4 heteroatoms. The molecule has 0 bridgehead atoms. The summed E-state index contributed by atoms with van der Waals surface area (Å²) in [5.41, 5.74) is 2.22. The lowest BCUT2D eigenvalue weighted by Crippen LogP contribution is -2.42. The normalized spacial score (nSPS) is 16.1. The van der Waals surface area contributed by atoms with Crippen LogP contribution in [0.2, 0.25) is 0 Å². The molecule has 2 aromatic rings. The van der Waals surface area contributed by atoms with Crippen molar-refractivity contribution in [2.75, 3.05) is 32.2 Å². The zero-order valence-electron chi connectivity index (χ0n) is 14.9. The van der Waals surface area contributed by atoms with Crippen molar-refractivity contribution in [1.82, 2.24) is 0 Å². The third-order valence-corrected chi connectivity index (χ3v) is 5.25. The van der Waals surface area contributed by atoms with Crippen LogP contribution in [0, 0.1) is 11.3 Å². The molecular weight excluding hydrogens is 312 g/mol. The Hall–Kier alpha value is -2.67. The van der Waals surface area contributed by atoms with Gasteiger partial charge in [0.05, 0.1) is 26.0 Å². The highest BCUT2D eigenvalue weighted by Gasteiger charge is 2.37. The van der Waals surface area contributed by atoms with E-state index in [9.17, 15) is 5.26 Å². The smallest absolute Gasteiger partial charge is 0.142 e. The van der Waals surface area contributed by atoms with Gasteiger partial charge in [0, 0.05) is 24.9 Å². The molecule has 0 aliphatic carbocycles. The van der Waals surface area contributed by atoms with Crippen molar-refractivity contribution < 1.29 is 9.47 Å². The van der Waals surface area contributed by atoms with E-state index in [1.807, 2.05) is 30.3 Å². The number of anilines is 1. The molecule has 0 amide bonds. The first kappa shape index (κ1) is 17.2. The highest BCUT2D eigenvalue weighted by molar-refractivity contribution is 5.59. The Morgan fingerprint density at radius 2 is 1.80 bits per heavy atom. The van der Waals surface area contributed by atoms with Gasteiger partial charge >= 0.3 is 0 Å². The molecule has 0 atom stereocenters. The van der Waals surface area contributed by atoms with Crippen molar-refractivity contribution in [3.8, 4) is 17.6 Å². The van der Waals surface area contributed by atoms with Gasteiger partial charge in [-0.05, 0) is 42.7 Å². The maximum absolute atomic E-state index is 9.42. The molecule has 1 fully saturated rings. The molecule has 1 saturated heterocycles. The van der Waals surface area contributed by atoms with Gasteiger partial charge in [-0.15, -0.1) is 0 Å². The van der Waals surface area contributed by atoms with E-state index in [1.54, 1.807) is 14.2 Å². The van der Waals surface area contributed by atoms with Gasteiger partial charge in [-0.2, -0.15) is 5.26 Å². The van der Waals surface area contributed by atoms with Crippen LogP contribution in [0.4, 0.5) is 5.69 Å². The molecule has 2 aromatic carbocycles. The monoisotopic (exact) mass is 336 g/mol. The minimum atomic E-state index is -0.109. The predicted octanol–water partition coefficient (Wildman–Crippen LogP) is 4.16. The topological polar surface area (TPSA) is 45.5 Å². The molecule has 0 N–H and O–H groups in total. The van der Waals surface area contributed by atoms with E-state index in [0.29, 0.717) is 6.42 Å². The Morgan fingerprint density at radius 1 is 1.04 bits per heavy atom. The molecule has 4 nitrogen and oxygen atoms in total. The molecular formula is C21H24N2O2. The largest absolute Gasteiger partial charge is 0.497 e. The first-order valence-corrected chi connectivity index (χ1v) is 8.62. The van der Waals surface area contributed by atoms with E-state index in [-0.39, 0.29) is 5.41 Å². The van der Waals surface area contributed by atoms with Crippen LogP contribution in [-0.2, 0) is 5.41 Å². The molecule has 25 heavy (non-hydrogen) atoms. The summed E-state index contributed by atoms with van der Waals surface area (Å²) in [5, 5.41) is 9.42. The highest BCUT2D eigenvalue weighted by atomic mass is 16.5. The van der Waals surface area contributed by atoms with Crippen molar-refractivity contribution in [2.45, 2.75) is 24.7 Å². The molecule has 0 unspecified atom stereocenters. The molecule has 0 saturated carbocycles. The zero-order chi connectivity index (χ0) is 17.7. The second-order valence-corrected chi connectivity index (χ2v) is 6.51. The summed E-state index contributed by atoms with van der Waals surface area (Å²) in [4.78, 5) is 2.36. The Kier molecular flexibility index (Phi) is 5.14. The van der Waals surface area contributed by atoms with Crippen molar-refractivity contribution in [3.05, 3.63) is 54.1 Å². The van der Waals surface area contributed by atoms with Crippen molar-refractivity contribution in [2.24, 2.45) is 0 Å². The van der Waals surface area contributed by atoms with Crippen molar-refractivity contribution in [1.29, 1.82) is 5.26 Å². The fraction of sp³-hybridized carbons (Fsp3) is 0.381. The highest BCUT2D eigenvalue weighted by Crippen LogP contribution is 2.41. The Balaban J connectivity index is 1.84. The Bertz CT molecular complexity index is 758. The average Bonchev–Trinajstić information content (AvgIpc) is 2.69. The van der Waals surface area contributed by atoms with Gasteiger partial charge in [0.25, 0.3) is 0 Å². The van der Waals surface area contributed by atoms with Crippen LogP contribution in [-0.4, -0.2) is 27.3 Å². The Morgan fingerprint density at radius 3 is 2.48 bits per heavy atom. The van der Waals surface area contributed by atoms with Crippen LogP contribution >= 0.6 is 0 Å². The van der Waals surface area contributed by atoms with Crippen LogP contribution in [0.5, 0.6) is 11.5 Å². The number of hydrogen-bond donors (Lipinski definition) is 0. The molecule has 0 spiro atoms. The molecule has 0 aromatic heterocycles. The summed E-state index contributed by atoms with van der Waals surface area (Å²) >= 11 is 0. The summed E-state index contributed by atoms with van der Waals surface area (Å²) in [6.07, 6.45) is 2.40. The van der Waals surface area contributed by atoms with Gasteiger partial charge in [0.15, 0.2) is 0 Å². The number of ether oxygens (including phenoxy) is 2. The first-order chi connectivity index (χ1) is 12.2. The fourth-order valence-corrected chi connectivity index (χ4v) is 3.74. The summed E-state index contributed by atoms with van der Waals surface area (Å²) in [5.74, 6) is 1.75. The maximum atomic E-state index is 9.42. The second kappa shape index (κ2) is 7.48. The number of hydrogen-bond acceptors (Lipinski definition) is 4. The van der Waals surface area contributed by atoms with Gasteiger partial charge in [0.1, 0.15) is 11.5 Å². The summed E-state index contributed by atoms with van der Waals surface area (Å²) < 4.78 is 10.9. The second-order valence-electron chi connectivity index (χ2n) is 6.51. The standard InChI is InChI=1S/C21H24N2O2/c1-24-18-7-5-6-17(16-18)21(10-13-22)11-14-23(15-12-21)19-8-3-4-9-20(19)25-2/h3-9,16H,10-12,14-15H2,1-2H3. The zero-order valence-corrected chi connectivity index (χ0v) is 14.9. The van der Waals surface area contributed by atoms with E-state index in [4.69, 9.17) is 9.47 Å². The molecule has 130 valence electrons. The van der Waals surface area contributed by atoms with Gasteiger partial charge in [-0.25, -0.2) is 0 Å². The fourth-order valence-electron chi connectivity index (χ4n) is 3.74. The van der Waals surface area contributed by atoms with Crippen LogP contribution in [0.15, 0.2) is 48.5 Å². The number of rotatable bonds is 5. The van der Waals surface area contributed by atoms with Crippen LogP contribution in [0.25, 0.3) is 0 Å². The molecule has 3 rings (SSSR count). The van der Waals surface area contributed by atoms with Gasteiger partial charge in [-0.3, -0.25) is 0 Å². The molecule has 1 aliphatic rings. The lowest BCUT2D eigenvalue weighted by molar-refractivity contribution is 0.331. The van der Waals surface area contributed by atoms with Gasteiger partial charge in [0.2, 0.25) is 0 Å². The third-order valence-electron chi connectivity index (χ3n) is 5.25. The predicted molar refractivity (Wildman–Crippen MR) is 99.3 cm³/mol. The number of para-hydroxylation sites is 2. The van der Waals surface area contributed by atoms with E-state index >= 15 is 0 Å². The number of piperidine rings is 1. The average molecular weight is 336 g/mol. The van der Waals surface area contributed by atoms with Crippen LogP contribution in [0.1, 0.15) is 24.8 Å². The van der Waals surface area contributed by atoms with E-state index in [2.05, 4.69) is 29.2 Å². The molecule has 1 heterocycles. The molecule has 1 aliphatic heterocycles. The summed E-state index contributed by atoms with van der Waals surface area (Å²) in [6, 6.07) is 18.7. The Labute approximate surface area is 149 Å². The SMILES string of the molecule is COc1cccc(C2(CC#N)CCN(c3ccccc3OC)CC2)c1. The summed E-state index contributed by atoms with van der Waals surface area (Å²) in [6.45, 7) is 1.80. The lowest BCUT2D eigenvalue weighted by Gasteiger charge is -2.42. The van der Waals surface area contributed by atoms with E-state index in [0.717, 1.165) is 43.1 Å². The van der Waals surface area contributed by atoms with E-state index < -0.39 is 0 Å². The number of methoxy groups -OCH3 is 2. The minimum absolute atomic E-state index is 0.109. The summed E-state index contributed by atoms with van der Waals surface area (Å²) in [7, 11) is 3.39. The van der Waals surface area contributed by atoms with Crippen LogP contribution in [0.3, 0.4) is 0 Å². The third kappa shape index (κ3) is 3.41. The van der Waals surface area contributed by atoms with Gasteiger partial charge < -0.3 is 14.4 Å². The maximum Gasteiger partial charge on any atom is 0.142 e. The number of nitrogens with zero attached hydrogens (tertiary/aromatic N) is 2. The van der Waals surface area contributed by atoms with E-state index in [1.165, 1.54) is 5.56 Å². The number of benzene rings is 2. The van der Waals surface area contributed by atoms with Crippen molar-refractivity contribution >= 4 is 5.69 Å². The van der Waals surface area contributed by atoms with Crippen molar-refractivity contribution in [3.63, 3.8) is 0 Å².